The summed E-state index contributed by atoms with van der Waals surface area (Å²) in [6.45, 7) is 0.653. The summed E-state index contributed by atoms with van der Waals surface area (Å²) in [5.41, 5.74) is 2.50. The van der Waals surface area contributed by atoms with Crippen LogP contribution in [-0.4, -0.2) is 12.5 Å². The van der Waals surface area contributed by atoms with Gasteiger partial charge in [-0.2, -0.15) is 5.26 Å². The van der Waals surface area contributed by atoms with Gasteiger partial charge in [0.25, 0.3) is 5.91 Å². The number of hydrogen-bond acceptors (Lipinski definition) is 3. The van der Waals surface area contributed by atoms with E-state index in [4.69, 9.17) is 4.74 Å². The van der Waals surface area contributed by atoms with Crippen LogP contribution in [0.2, 0.25) is 0 Å². The number of rotatable bonds is 9. The molecule has 4 nitrogen and oxygen atoms in total. The molecule has 0 saturated heterocycles. The van der Waals surface area contributed by atoms with Gasteiger partial charge in [-0.3, -0.25) is 4.79 Å². The molecule has 3 rings (SSSR count). The van der Waals surface area contributed by atoms with Crippen LogP contribution in [0.4, 0.5) is 4.39 Å². The minimum absolute atomic E-state index is 0.00140. The largest absolute Gasteiger partial charge is 0.488 e. The van der Waals surface area contributed by atoms with Gasteiger partial charge in [0, 0.05) is 12.1 Å². The van der Waals surface area contributed by atoms with Crippen LogP contribution in [0.15, 0.2) is 84.4 Å². The van der Waals surface area contributed by atoms with E-state index in [1.807, 2.05) is 36.4 Å². The zero-order chi connectivity index (χ0) is 21.9. The van der Waals surface area contributed by atoms with E-state index in [0.717, 1.165) is 12.8 Å². The maximum atomic E-state index is 13.4. The molecule has 1 N–H and O–H groups in total. The van der Waals surface area contributed by atoms with Gasteiger partial charge in [0.2, 0.25) is 0 Å². The van der Waals surface area contributed by atoms with Crippen LogP contribution in [-0.2, 0) is 17.8 Å². The first kappa shape index (κ1) is 21.8. The summed E-state index contributed by atoms with van der Waals surface area (Å²) in [6, 6.07) is 25.3. The molecule has 0 aliphatic heterocycles. The molecule has 0 atom stereocenters. The fourth-order valence-corrected chi connectivity index (χ4v) is 3.06. The van der Waals surface area contributed by atoms with Gasteiger partial charge in [0.15, 0.2) is 0 Å². The van der Waals surface area contributed by atoms with E-state index in [0.29, 0.717) is 23.4 Å². The summed E-state index contributed by atoms with van der Waals surface area (Å²) < 4.78 is 19.2. The number of halogens is 1. The Morgan fingerprint density at radius 3 is 2.52 bits per heavy atom. The van der Waals surface area contributed by atoms with Crippen molar-refractivity contribution in [3.05, 3.63) is 107 Å². The Labute approximate surface area is 181 Å². The molecule has 0 radical (unpaired) electrons. The highest BCUT2D eigenvalue weighted by Crippen LogP contribution is 2.22. The summed E-state index contributed by atoms with van der Waals surface area (Å²) >= 11 is 0. The number of carbonyl (C=O) groups excluding carboxylic acids is 1. The summed E-state index contributed by atoms with van der Waals surface area (Å²) in [4.78, 5) is 12.4. The fraction of sp³-hybridized carbons (Fsp3) is 0.154. The Balaban J connectivity index is 1.60. The van der Waals surface area contributed by atoms with Crippen molar-refractivity contribution in [2.24, 2.45) is 0 Å². The first-order valence-corrected chi connectivity index (χ1v) is 10.1. The number of nitrogens with zero attached hydrogens (tertiary/aromatic N) is 1. The zero-order valence-corrected chi connectivity index (χ0v) is 17.1. The van der Waals surface area contributed by atoms with E-state index < -0.39 is 5.91 Å². The minimum Gasteiger partial charge on any atom is -0.488 e. The third kappa shape index (κ3) is 6.83. The lowest BCUT2D eigenvalue weighted by Gasteiger charge is -2.10. The normalized spacial score (nSPS) is 10.9. The molecule has 0 unspecified atom stereocenters. The Hall–Kier alpha value is -3.91. The van der Waals surface area contributed by atoms with Crippen molar-refractivity contribution in [2.75, 3.05) is 6.54 Å². The van der Waals surface area contributed by atoms with Gasteiger partial charge in [-0.25, -0.2) is 4.39 Å². The van der Waals surface area contributed by atoms with Gasteiger partial charge < -0.3 is 10.1 Å². The van der Waals surface area contributed by atoms with E-state index in [1.54, 1.807) is 36.4 Å². The molecule has 0 heterocycles. The van der Waals surface area contributed by atoms with Gasteiger partial charge >= 0.3 is 0 Å². The number of para-hydroxylation sites is 1. The molecule has 31 heavy (non-hydrogen) atoms. The van der Waals surface area contributed by atoms with Gasteiger partial charge in [-0.1, -0.05) is 60.7 Å². The maximum Gasteiger partial charge on any atom is 0.261 e. The van der Waals surface area contributed by atoms with Crippen molar-refractivity contribution < 1.29 is 13.9 Å². The smallest absolute Gasteiger partial charge is 0.261 e. The predicted molar refractivity (Wildman–Crippen MR) is 119 cm³/mol. The number of benzene rings is 3. The summed E-state index contributed by atoms with van der Waals surface area (Å²) in [5.74, 6) is -0.239. The van der Waals surface area contributed by atoms with Crippen molar-refractivity contribution in [1.82, 2.24) is 5.32 Å². The van der Waals surface area contributed by atoms with E-state index in [1.165, 1.54) is 23.8 Å². The lowest BCUT2D eigenvalue weighted by molar-refractivity contribution is -0.117. The first-order valence-electron chi connectivity index (χ1n) is 10.1. The van der Waals surface area contributed by atoms with Crippen molar-refractivity contribution in [1.29, 1.82) is 5.26 Å². The van der Waals surface area contributed by atoms with Crippen LogP contribution in [0, 0.1) is 17.1 Å². The average Bonchev–Trinajstić information content (AvgIpc) is 2.80. The highest BCUT2D eigenvalue weighted by molar-refractivity contribution is 6.01. The summed E-state index contributed by atoms with van der Waals surface area (Å²) in [6.07, 6.45) is 3.14. The van der Waals surface area contributed by atoms with E-state index in [-0.39, 0.29) is 18.0 Å². The monoisotopic (exact) mass is 414 g/mol. The number of nitrogens with one attached hydrogen (secondary N) is 1. The molecule has 1 amide bonds. The molecule has 3 aromatic carbocycles. The second-order valence-electron chi connectivity index (χ2n) is 6.97. The van der Waals surface area contributed by atoms with Gasteiger partial charge in [-0.15, -0.1) is 0 Å². The van der Waals surface area contributed by atoms with Gasteiger partial charge in [0.05, 0.1) is 0 Å². The summed E-state index contributed by atoms with van der Waals surface area (Å²) in [5, 5.41) is 12.3. The average molecular weight is 414 g/mol. The number of ether oxygens (including phenoxy) is 1. The second kappa shape index (κ2) is 11.3. The van der Waals surface area contributed by atoms with Gasteiger partial charge in [0.1, 0.15) is 29.8 Å². The van der Waals surface area contributed by atoms with Crippen molar-refractivity contribution in [3.63, 3.8) is 0 Å². The highest BCUT2D eigenvalue weighted by atomic mass is 19.1. The molecule has 0 spiro atoms. The molecule has 0 saturated carbocycles. The molecular weight excluding hydrogens is 391 g/mol. The molecular formula is C26H23FN2O2. The Morgan fingerprint density at radius 1 is 1.00 bits per heavy atom. The van der Waals surface area contributed by atoms with Crippen LogP contribution in [0.1, 0.15) is 23.1 Å². The molecule has 0 aromatic heterocycles. The lowest BCUT2D eigenvalue weighted by atomic mass is 10.1. The predicted octanol–water partition coefficient (Wildman–Crippen LogP) is 5.06. The van der Waals surface area contributed by atoms with Crippen LogP contribution in [0.3, 0.4) is 0 Å². The molecule has 3 aromatic rings. The molecule has 156 valence electrons. The van der Waals surface area contributed by atoms with E-state index >= 15 is 0 Å². The maximum absolute atomic E-state index is 13.4. The Bertz CT molecular complexity index is 1090. The molecule has 0 aliphatic carbocycles. The number of hydrogen-bond donors (Lipinski definition) is 1. The SMILES string of the molecule is N#C/C(=C/c1ccccc1OCc1cccc(F)c1)C(=O)NCCCc1ccccc1. The Morgan fingerprint density at radius 2 is 1.74 bits per heavy atom. The van der Waals surface area contributed by atoms with Crippen LogP contribution in [0.25, 0.3) is 6.08 Å². The summed E-state index contributed by atoms with van der Waals surface area (Å²) in [7, 11) is 0. The standard InChI is InChI=1S/C26H23FN2O2/c27-24-13-6-10-21(16-24)19-31-25-14-5-4-12-22(25)17-23(18-28)26(30)29-15-7-11-20-8-2-1-3-9-20/h1-6,8-10,12-14,16-17H,7,11,15,19H2,(H,29,30)/b23-17-. The number of aryl methyl sites for hydroxylation is 1. The van der Waals surface area contributed by atoms with Crippen molar-refractivity contribution in [2.45, 2.75) is 19.4 Å². The van der Waals surface area contributed by atoms with E-state index in [2.05, 4.69) is 5.32 Å². The highest BCUT2D eigenvalue weighted by Gasteiger charge is 2.10. The molecule has 0 bridgehead atoms. The quantitative estimate of drug-likeness (QED) is 0.302. The lowest BCUT2D eigenvalue weighted by Crippen LogP contribution is -2.25. The molecule has 5 heteroatoms. The van der Waals surface area contributed by atoms with Crippen LogP contribution in [0.5, 0.6) is 5.75 Å². The third-order valence-corrected chi connectivity index (χ3v) is 4.64. The molecule has 0 fully saturated rings. The van der Waals surface area contributed by atoms with Crippen molar-refractivity contribution in [3.8, 4) is 11.8 Å². The fourth-order valence-electron chi connectivity index (χ4n) is 3.06. The minimum atomic E-state index is -0.421. The number of carbonyl (C=O) groups is 1. The van der Waals surface area contributed by atoms with Gasteiger partial charge in [-0.05, 0) is 48.2 Å². The Kier molecular flexibility index (Phi) is 7.96. The second-order valence-corrected chi connectivity index (χ2v) is 6.97. The topological polar surface area (TPSA) is 62.1 Å². The number of nitriles is 1. The van der Waals surface area contributed by atoms with E-state index in [9.17, 15) is 14.4 Å². The van der Waals surface area contributed by atoms with Crippen molar-refractivity contribution >= 4 is 12.0 Å². The first-order chi connectivity index (χ1) is 15.2. The number of amides is 1. The van der Waals surface area contributed by atoms with Crippen LogP contribution >= 0.6 is 0 Å². The third-order valence-electron chi connectivity index (χ3n) is 4.64. The molecule has 0 aliphatic rings. The van der Waals surface area contributed by atoms with Crippen LogP contribution < -0.4 is 10.1 Å². The zero-order valence-electron chi connectivity index (χ0n) is 17.1.